The van der Waals surface area contributed by atoms with E-state index in [1.807, 2.05) is 0 Å². The normalized spacial score (nSPS) is 15.8. The zero-order valence-electron chi connectivity index (χ0n) is 12.7. The van der Waals surface area contributed by atoms with Gasteiger partial charge < -0.3 is 14.5 Å². The maximum Gasteiger partial charge on any atom is 0.256 e. The molecule has 1 amide bonds. The van der Waals surface area contributed by atoms with E-state index in [0.717, 1.165) is 6.07 Å². The second kappa shape index (κ2) is 6.33. The van der Waals surface area contributed by atoms with Crippen LogP contribution in [0.1, 0.15) is 22.1 Å². The number of piperazine rings is 1. The van der Waals surface area contributed by atoms with Crippen LogP contribution in [-0.2, 0) is 6.54 Å². The molecule has 0 bridgehead atoms. The van der Waals surface area contributed by atoms with E-state index < -0.39 is 5.82 Å². The van der Waals surface area contributed by atoms with E-state index in [2.05, 4.69) is 15.0 Å². The van der Waals surface area contributed by atoms with E-state index in [1.54, 1.807) is 11.8 Å². The molecule has 0 saturated carbocycles. The largest absolute Gasteiger partial charge is 0.508 e. The van der Waals surface area contributed by atoms with Gasteiger partial charge in [0.05, 0.1) is 12.1 Å². The maximum atomic E-state index is 13.8. The predicted octanol–water partition coefficient (Wildman–Crippen LogP) is 1.18. The van der Waals surface area contributed by atoms with Crippen LogP contribution in [0.15, 0.2) is 22.7 Å². The van der Waals surface area contributed by atoms with Gasteiger partial charge in [0.15, 0.2) is 5.82 Å². The Morgan fingerprint density at radius 1 is 1.35 bits per heavy atom. The van der Waals surface area contributed by atoms with Crippen molar-refractivity contribution in [2.75, 3.05) is 26.2 Å². The number of phenols is 1. The van der Waals surface area contributed by atoms with Gasteiger partial charge in [-0.15, -0.1) is 0 Å². The fourth-order valence-electron chi connectivity index (χ4n) is 2.56. The Hall–Kier alpha value is -2.48. The summed E-state index contributed by atoms with van der Waals surface area (Å²) in [5, 5.41) is 13.1. The molecule has 2 aromatic rings. The first kappa shape index (κ1) is 15.4. The molecule has 23 heavy (non-hydrogen) atoms. The molecule has 0 aliphatic carbocycles. The van der Waals surface area contributed by atoms with E-state index in [-0.39, 0.29) is 17.2 Å². The second-order valence-corrected chi connectivity index (χ2v) is 5.46. The van der Waals surface area contributed by atoms with Crippen molar-refractivity contribution in [3.05, 3.63) is 41.3 Å². The van der Waals surface area contributed by atoms with Gasteiger partial charge in [-0.2, -0.15) is 4.98 Å². The summed E-state index contributed by atoms with van der Waals surface area (Å²) in [6, 6.07) is 3.56. The molecule has 1 aromatic heterocycles. The third-order valence-electron chi connectivity index (χ3n) is 3.78. The highest BCUT2D eigenvalue weighted by Crippen LogP contribution is 2.18. The Morgan fingerprint density at radius 3 is 2.70 bits per heavy atom. The third kappa shape index (κ3) is 3.48. The number of halogens is 1. The van der Waals surface area contributed by atoms with Crippen molar-refractivity contribution in [1.29, 1.82) is 0 Å². The summed E-state index contributed by atoms with van der Waals surface area (Å²) in [7, 11) is 0. The second-order valence-electron chi connectivity index (χ2n) is 5.46. The van der Waals surface area contributed by atoms with Crippen LogP contribution in [0.4, 0.5) is 4.39 Å². The van der Waals surface area contributed by atoms with Gasteiger partial charge in [-0.3, -0.25) is 9.69 Å². The lowest BCUT2D eigenvalue weighted by atomic mass is 10.1. The topological polar surface area (TPSA) is 82.7 Å². The smallest absolute Gasteiger partial charge is 0.256 e. The number of carbonyl (C=O) groups is 1. The standard InChI is InChI=1S/C15H17FN4O3/c1-10-17-14(18-23-10)9-19-4-6-20(7-5-19)15(22)12-3-2-11(21)8-13(12)16/h2-3,8,21H,4-7,9H2,1H3. The van der Waals surface area contributed by atoms with Gasteiger partial charge in [-0.05, 0) is 12.1 Å². The van der Waals surface area contributed by atoms with Crippen molar-refractivity contribution in [3.63, 3.8) is 0 Å². The van der Waals surface area contributed by atoms with Gasteiger partial charge >= 0.3 is 0 Å². The van der Waals surface area contributed by atoms with Gasteiger partial charge in [0.2, 0.25) is 5.89 Å². The van der Waals surface area contributed by atoms with Gasteiger partial charge in [-0.25, -0.2) is 4.39 Å². The number of aromatic hydroxyl groups is 1. The number of hydrogen-bond donors (Lipinski definition) is 1. The van der Waals surface area contributed by atoms with Crippen LogP contribution in [0.5, 0.6) is 5.75 Å². The molecule has 1 aliphatic rings. The van der Waals surface area contributed by atoms with Crippen molar-refractivity contribution < 1.29 is 18.8 Å². The van der Waals surface area contributed by atoms with E-state index in [9.17, 15) is 14.3 Å². The maximum absolute atomic E-state index is 13.8. The van der Waals surface area contributed by atoms with Gasteiger partial charge in [0.1, 0.15) is 11.6 Å². The minimum atomic E-state index is -0.709. The summed E-state index contributed by atoms with van der Waals surface area (Å²) in [4.78, 5) is 20.2. The minimum absolute atomic E-state index is 0.0231. The number of nitrogens with zero attached hydrogens (tertiary/aromatic N) is 4. The van der Waals surface area contributed by atoms with E-state index in [4.69, 9.17) is 4.52 Å². The predicted molar refractivity (Wildman–Crippen MR) is 78.3 cm³/mol. The van der Waals surface area contributed by atoms with Crippen LogP contribution in [0.2, 0.25) is 0 Å². The summed E-state index contributed by atoms with van der Waals surface area (Å²) >= 11 is 0. The first-order valence-electron chi connectivity index (χ1n) is 7.32. The number of rotatable bonds is 3. The molecule has 1 fully saturated rings. The Kier molecular flexibility index (Phi) is 4.24. The van der Waals surface area contributed by atoms with Gasteiger partial charge in [0, 0.05) is 39.2 Å². The highest BCUT2D eigenvalue weighted by Gasteiger charge is 2.24. The molecule has 1 saturated heterocycles. The van der Waals surface area contributed by atoms with Crippen molar-refractivity contribution in [1.82, 2.24) is 19.9 Å². The molecule has 3 rings (SSSR count). The summed E-state index contributed by atoms with van der Waals surface area (Å²) < 4.78 is 18.7. The molecular weight excluding hydrogens is 303 g/mol. The third-order valence-corrected chi connectivity index (χ3v) is 3.78. The molecule has 8 heteroatoms. The first-order chi connectivity index (χ1) is 11.0. The first-order valence-corrected chi connectivity index (χ1v) is 7.32. The number of aryl methyl sites for hydroxylation is 1. The van der Waals surface area contributed by atoms with Gasteiger partial charge in [0.25, 0.3) is 5.91 Å². The average Bonchev–Trinajstić information content (AvgIpc) is 2.92. The van der Waals surface area contributed by atoms with Crippen LogP contribution in [0.25, 0.3) is 0 Å². The van der Waals surface area contributed by atoms with Crippen LogP contribution in [-0.4, -0.2) is 57.1 Å². The minimum Gasteiger partial charge on any atom is -0.508 e. The number of amides is 1. The van der Waals surface area contributed by atoms with Crippen LogP contribution < -0.4 is 0 Å². The molecular formula is C15H17FN4O3. The number of hydrogen-bond acceptors (Lipinski definition) is 6. The molecule has 1 N–H and O–H groups in total. The van der Waals surface area contributed by atoms with E-state index in [0.29, 0.717) is 44.4 Å². The average molecular weight is 320 g/mol. The van der Waals surface area contributed by atoms with Crippen LogP contribution >= 0.6 is 0 Å². The summed E-state index contributed by atoms with van der Waals surface area (Å²) in [5.74, 6) is -0.125. The molecule has 122 valence electrons. The lowest BCUT2D eigenvalue weighted by Gasteiger charge is -2.34. The quantitative estimate of drug-likeness (QED) is 0.914. The molecule has 1 aromatic carbocycles. The number of phenolic OH excluding ortho intramolecular Hbond substituents is 1. The zero-order valence-corrected chi connectivity index (χ0v) is 12.7. The lowest BCUT2D eigenvalue weighted by Crippen LogP contribution is -2.48. The Bertz CT molecular complexity index is 710. The number of benzene rings is 1. The summed E-state index contributed by atoms with van der Waals surface area (Å²) in [6.45, 7) is 4.59. The monoisotopic (exact) mass is 320 g/mol. The van der Waals surface area contributed by atoms with Crippen molar-refractivity contribution in [2.24, 2.45) is 0 Å². The summed E-state index contributed by atoms with van der Waals surface area (Å²) in [6.07, 6.45) is 0. The van der Waals surface area contributed by atoms with E-state index >= 15 is 0 Å². The molecule has 0 unspecified atom stereocenters. The number of carbonyl (C=O) groups excluding carboxylic acids is 1. The highest BCUT2D eigenvalue weighted by atomic mass is 19.1. The van der Waals surface area contributed by atoms with Crippen molar-refractivity contribution in [2.45, 2.75) is 13.5 Å². The van der Waals surface area contributed by atoms with Crippen LogP contribution in [0, 0.1) is 12.7 Å². The van der Waals surface area contributed by atoms with Crippen LogP contribution in [0.3, 0.4) is 0 Å². The van der Waals surface area contributed by atoms with E-state index in [1.165, 1.54) is 12.1 Å². The zero-order chi connectivity index (χ0) is 16.4. The van der Waals surface area contributed by atoms with Gasteiger partial charge in [-0.1, -0.05) is 5.16 Å². The molecule has 1 aliphatic heterocycles. The Morgan fingerprint density at radius 2 is 2.09 bits per heavy atom. The lowest BCUT2D eigenvalue weighted by molar-refractivity contribution is 0.0620. The molecule has 7 nitrogen and oxygen atoms in total. The number of aromatic nitrogens is 2. The molecule has 2 heterocycles. The molecule has 0 atom stereocenters. The van der Waals surface area contributed by atoms with Crippen molar-refractivity contribution >= 4 is 5.91 Å². The fraction of sp³-hybridized carbons (Fsp3) is 0.400. The van der Waals surface area contributed by atoms with Crippen molar-refractivity contribution in [3.8, 4) is 5.75 Å². The molecule has 0 radical (unpaired) electrons. The SMILES string of the molecule is Cc1nc(CN2CCN(C(=O)c3ccc(O)cc3F)CC2)no1. The highest BCUT2D eigenvalue weighted by molar-refractivity contribution is 5.94. The fourth-order valence-corrected chi connectivity index (χ4v) is 2.56. The Labute approximate surface area is 132 Å². The Balaban J connectivity index is 1.59. The molecule has 0 spiro atoms. The summed E-state index contributed by atoms with van der Waals surface area (Å²) in [5.41, 5.74) is -0.0231.